The summed E-state index contributed by atoms with van der Waals surface area (Å²) in [6, 6.07) is 18.7. The maximum atomic E-state index is 14.0. The largest absolute Gasteiger partial charge is 0.456 e. The Balaban J connectivity index is 1.19. The Morgan fingerprint density at radius 2 is 1.60 bits per heavy atom. The molecule has 1 aliphatic rings. The number of hydrogen-bond acceptors (Lipinski definition) is 6. The number of nitrogens with one attached hydrogen (secondary N) is 1. The first-order valence-corrected chi connectivity index (χ1v) is 12.7. The maximum Gasteiger partial charge on any atom is 0.307 e. The zero-order valence-corrected chi connectivity index (χ0v) is 19.8. The molecule has 0 bridgehead atoms. The molecule has 1 fully saturated rings. The van der Waals surface area contributed by atoms with Gasteiger partial charge in [0, 0.05) is 32.7 Å². The van der Waals surface area contributed by atoms with E-state index in [-0.39, 0.29) is 29.6 Å². The highest BCUT2D eigenvalue weighted by Crippen LogP contribution is 2.20. The van der Waals surface area contributed by atoms with Crippen LogP contribution in [0.5, 0.6) is 0 Å². The summed E-state index contributed by atoms with van der Waals surface area (Å²) in [7, 11) is -3.79. The van der Waals surface area contributed by atoms with Crippen molar-refractivity contribution in [3.05, 3.63) is 72.5 Å². The molecule has 4 rings (SSSR count). The number of ether oxygens (including phenoxy) is 1. The summed E-state index contributed by atoms with van der Waals surface area (Å²) in [6.07, 6.45) is -0.207. The number of halogens is 1. The van der Waals surface area contributed by atoms with Crippen LogP contribution in [0.1, 0.15) is 6.42 Å². The van der Waals surface area contributed by atoms with Crippen molar-refractivity contribution in [2.75, 3.05) is 44.2 Å². The van der Waals surface area contributed by atoms with Gasteiger partial charge in [0.25, 0.3) is 5.91 Å². The number of hydrogen-bond donors (Lipinski definition) is 1. The van der Waals surface area contributed by atoms with E-state index in [0.717, 1.165) is 10.8 Å². The highest BCUT2D eigenvalue weighted by atomic mass is 32.2. The fourth-order valence-electron chi connectivity index (χ4n) is 3.92. The Labute approximate surface area is 203 Å². The number of para-hydroxylation sites is 1. The summed E-state index contributed by atoms with van der Waals surface area (Å²) in [4.78, 5) is 27.9. The fourth-order valence-corrected chi connectivity index (χ4v) is 4.98. The van der Waals surface area contributed by atoms with Crippen LogP contribution >= 0.6 is 0 Å². The van der Waals surface area contributed by atoms with Gasteiger partial charge in [-0.25, -0.2) is 17.5 Å². The molecule has 1 N–H and O–H groups in total. The number of anilines is 1. The Morgan fingerprint density at radius 3 is 2.34 bits per heavy atom. The van der Waals surface area contributed by atoms with Crippen LogP contribution in [-0.4, -0.2) is 64.5 Å². The number of nitrogens with zero attached hydrogens (tertiary/aromatic N) is 2. The number of fused-ring (bicyclic) bond motifs is 1. The quantitative estimate of drug-likeness (QED) is 0.479. The molecular weight excluding hydrogens is 473 g/mol. The van der Waals surface area contributed by atoms with Gasteiger partial charge < -0.3 is 14.5 Å². The summed E-state index contributed by atoms with van der Waals surface area (Å²) in [5, 5.41) is 1.72. The second-order valence-corrected chi connectivity index (χ2v) is 9.90. The van der Waals surface area contributed by atoms with Crippen LogP contribution in [0.15, 0.2) is 71.6 Å². The predicted octanol–water partition coefficient (Wildman–Crippen LogP) is 2.54. The molecule has 0 atom stereocenters. The van der Waals surface area contributed by atoms with Gasteiger partial charge in [0.15, 0.2) is 6.61 Å². The minimum Gasteiger partial charge on any atom is -0.456 e. The molecule has 0 unspecified atom stereocenters. The fraction of sp³-hybridized carbons (Fsp3) is 0.280. The van der Waals surface area contributed by atoms with Crippen LogP contribution in [0.4, 0.5) is 10.1 Å². The van der Waals surface area contributed by atoms with E-state index in [1.54, 1.807) is 35.2 Å². The van der Waals surface area contributed by atoms with E-state index in [0.29, 0.717) is 31.9 Å². The van der Waals surface area contributed by atoms with E-state index >= 15 is 0 Å². The molecule has 35 heavy (non-hydrogen) atoms. The van der Waals surface area contributed by atoms with E-state index in [1.165, 1.54) is 12.1 Å². The van der Waals surface area contributed by atoms with Gasteiger partial charge in [-0.3, -0.25) is 9.59 Å². The number of esters is 1. The third-order valence-electron chi connectivity index (χ3n) is 5.83. The molecule has 0 spiro atoms. The first kappa shape index (κ1) is 24.6. The molecule has 3 aromatic carbocycles. The second kappa shape index (κ2) is 10.8. The van der Waals surface area contributed by atoms with Crippen molar-refractivity contribution in [1.29, 1.82) is 0 Å². The Morgan fingerprint density at radius 1 is 0.914 bits per heavy atom. The van der Waals surface area contributed by atoms with Crippen LogP contribution in [0.3, 0.4) is 0 Å². The highest BCUT2D eigenvalue weighted by molar-refractivity contribution is 7.89. The van der Waals surface area contributed by atoms with Crippen LogP contribution in [0.25, 0.3) is 10.8 Å². The van der Waals surface area contributed by atoms with Crippen LogP contribution in [0.2, 0.25) is 0 Å². The summed E-state index contributed by atoms with van der Waals surface area (Å²) < 4.78 is 46.4. The lowest BCUT2D eigenvalue weighted by Gasteiger charge is -2.36. The summed E-state index contributed by atoms with van der Waals surface area (Å²) in [6.45, 7) is 1.14. The molecule has 0 saturated carbocycles. The number of rotatable bonds is 8. The molecule has 0 radical (unpaired) electrons. The SMILES string of the molecule is O=C(CCNS(=O)(=O)c1ccc2ccccc2c1)OCC(=O)N1CCN(c2ccccc2F)CC1. The molecule has 10 heteroatoms. The van der Waals surface area contributed by atoms with Gasteiger partial charge in [-0.05, 0) is 35.0 Å². The number of benzene rings is 3. The molecule has 1 aliphatic heterocycles. The molecule has 3 aromatic rings. The first-order chi connectivity index (χ1) is 16.8. The average Bonchev–Trinajstić information content (AvgIpc) is 2.87. The summed E-state index contributed by atoms with van der Waals surface area (Å²) in [5.41, 5.74) is 0.497. The van der Waals surface area contributed by atoms with Crippen molar-refractivity contribution in [2.45, 2.75) is 11.3 Å². The van der Waals surface area contributed by atoms with E-state index in [1.807, 2.05) is 29.2 Å². The third-order valence-corrected chi connectivity index (χ3v) is 7.29. The topological polar surface area (TPSA) is 96.0 Å². The van der Waals surface area contributed by atoms with Gasteiger partial charge in [0.1, 0.15) is 5.82 Å². The normalized spacial score (nSPS) is 14.2. The number of sulfonamides is 1. The average molecular weight is 500 g/mol. The molecule has 184 valence electrons. The van der Waals surface area contributed by atoms with Crippen molar-refractivity contribution >= 4 is 38.4 Å². The summed E-state index contributed by atoms with van der Waals surface area (Å²) in [5.74, 6) is -1.33. The predicted molar refractivity (Wildman–Crippen MR) is 130 cm³/mol. The number of carbonyl (C=O) groups excluding carboxylic acids is 2. The molecule has 1 heterocycles. The van der Waals surface area contributed by atoms with E-state index in [4.69, 9.17) is 4.74 Å². The van der Waals surface area contributed by atoms with E-state index in [9.17, 15) is 22.4 Å². The van der Waals surface area contributed by atoms with Crippen molar-refractivity contribution in [3.63, 3.8) is 0 Å². The van der Waals surface area contributed by atoms with Crippen LogP contribution < -0.4 is 9.62 Å². The zero-order valence-electron chi connectivity index (χ0n) is 19.0. The molecule has 0 aliphatic carbocycles. The minimum absolute atomic E-state index is 0.106. The lowest BCUT2D eigenvalue weighted by atomic mass is 10.1. The monoisotopic (exact) mass is 499 g/mol. The Kier molecular flexibility index (Phi) is 7.62. The van der Waals surface area contributed by atoms with Gasteiger partial charge in [0.2, 0.25) is 10.0 Å². The number of amides is 1. The standard InChI is InChI=1S/C25H26FN3O5S/c26-22-7-3-4-8-23(22)28-13-15-29(16-14-28)24(30)18-34-25(31)11-12-27-35(32,33)21-10-9-19-5-1-2-6-20(19)17-21/h1-10,17,27H,11-16,18H2. The molecule has 0 aromatic heterocycles. The minimum atomic E-state index is -3.79. The van der Waals surface area contributed by atoms with Crippen LogP contribution in [-0.2, 0) is 24.3 Å². The van der Waals surface area contributed by atoms with Crippen molar-refractivity contribution < 1.29 is 27.1 Å². The second-order valence-electron chi connectivity index (χ2n) is 8.14. The first-order valence-electron chi connectivity index (χ1n) is 11.2. The van der Waals surface area contributed by atoms with Crippen molar-refractivity contribution in [1.82, 2.24) is 9.62 Å². The Bertz CT molecular complexity index is 1320. The van der Waals surface area contributed by atoms with Crippen molar-refractivity contribution in [2.24, 2.45) is 0 Å². The highest BCUT2D eigenvalue weighted by Gasteiger charge is 2.23. The van der Waals surface area contributed by atoms with Gasteiger partial charge in [-0.1, -0.05) is 42.5 Å². The maximum absolute atomic E-state index is 14.0. The van der Waals surface area contributed by atoms with Gasteiger partial charge in [0.05, 0.1) is 17.0 Å². The third kappa shape index (κ3) is 6.14. The molecular formula is C25H26FN3O5S. The Hall–Kier alpha value is -3.50. The number of piperazine rings is 1. The van der Waals surface area contributed by atoms with Gasteiger partial charge in [-0.15, -0.1) is 0 Å². The van der Waals surface area contributed by atoms with E-state index in [2.05, 4.69) is 4.72 Å². The van der Waals surface area contributed by atoms with Crippen LogP contribution in [0, 0.1) is 5.82 Å². The molecule has 8 nitrogen and oxygen atoms in total. The molecule has 1 amide bonds. The lowest BCUT2D eigenvalue weighted by molar-refractivity contribution is -0.152. The summed E-state index contributed by atoms with van der Waals surface area (Å²) >= 11 is 0. The number of carbonyl (C=O) groups is 2. The van der Waals surface area contributed by atoms with E-state index < -0.39 is 22.6 Å². The van der Waals surface area contributed by atoms with Gasteiger partial charge >= 0.3 is 5.97 Å². The van der Waals surface area contributed by atoms with Gasteiger partial charge in [-0.2, -0.15) is 0 Å². The lowest BCUT2D eigenvalue weighted by Crippen LogP contribution is -2.50. The van der Waals surface area contributed by atoms with Crippen molar-refractivity contribution in [3.8, 4) is 0 Å². The zero-order chi connectivity index (χ0) is 24.8. The molecule has 1 saturated heterocycles. The smallest absolute Gasteiger partial charge is 0.307 e.